The Bertz CT molecular complexity index is 648. The van der Waals surface area contributed by atoms with Gasteiger partial charge in [-0.15, -0.1) is 0 Å². The van der Waals surface area contributed by atoms with Crippen molar-refractivity contribution in [3.8, 4) is 35.2 Å². The second-order valence-corrected chi connectivity index (χ2v) is 7.55. The second kappa shape index (κ2) is 16.9. The van der Waals surface area contributed by atoms with Crippen molar-refractivity contribution in [2.24, 2.45) is 0 Å². The van der Waals surface area contributed by atoms with E-state index in [9.17, 15) is 0 Å². The highest BCUT2D eigenvalue weighted by molar-refractivity contribution is 5.40. The highest BCUT2D eigenvalue weighted by Crippen LogP contribution is 2.26. The quantitative estimate of drug-likeness (QED) is 0.159. The summed E-state index contributed by atoms with van der Waals surface area (Å²) in [7, 11) is 4.45. The Labute approximate surface area is 218 Å². The Hall–Kier alpha value is -0.680. The van der Waals surface area contributed by atoms with E-state index in [1.165, 1.54) is 0 Å². The normalized spacial score (nSPS) is 10.3. The summed E-state index contributed by atoms with van der Waals surface area (Å²) in [5.74, 6) is 14.1. The molecule has 0 N–H and O–H groups in total. The van der Waals surface area contributed by atoms with Crippen molar-refractivity contribution < 1.29 is 66.4 Å². The van der Waals surface area contributed by atoms with Crippen LogP contribution in [-0.4, -0.2) is 75.5 Å². The van der Waals surface area contributed by atoms with Crippen molar-refractivity contribution in [2.75, 3.05) is 66.6 Å². The van der Waals surface area contributed by atoms with Gasteiger partial charge in [-0.2, -0.15) is 0 Å². The molecule has 0 aliphatic carbocycles. The zero-order valence-electron chi connectivity index (χ0n) is 19.4. The van der Waals surface area contributed by atoms with E-state index < -0.39 is 0 Å². The third-order valence-corrected chi connectivity index (χ3v) is 5.67. The van der Waals surface area contributed by atoms with E-state index in [1.807, 2.05) is 24.3 Å². The molecular weight excluding hydrogens is 602 g/mol. The monoisotopic (exact) mass is 640 g/mol. The van der Waals surface area contributed by atoms with Crippen LogP contribution in [0.25, 0.3) is 0 Å². The van der Waals surface area contributed by atoms with Crippen LogP contribution in [0, 0.1) is 23.7 Å². The predicted octanol–water partition coefficient (Wildman–Crippen LogP) is -2.57. The number of ether oxygens (including phenoxy) is 2. The van der Waals surface area contributed by atoms with E-state index in [0.29, 0.717) is 24.7 Å². The maximum Gasteiger partial charge on any atom is 0.162 e. The lowest BCUT2D eigenvalue weighted by molar-refractivity contribution is -0.899. The molecule has 0 aromatic heterocycles. The Morgan fingerprint density at radius 2 is 0.967 bits per heavy atom. The van der Waals surface area contributed by atoms with Crippen LogP contribution in [0.2, 0.25) is 0 Å². The van der Waals surface area contributed by atoms with Gasteiger partial charge in [0.2, 0.25) is 0 Å². The van der Waals surface area contributed by atoms with E-state index in [-0.39, 0.29) is 48.0 Å². The molecule has 1 aromatic carbocycles. The molecule has 0 spiro atoms. The molecule has 170 valence electrons. The van der Waals surface area contributed by atoms with Gasteiger partial charge >= 0.3 is 0 Å². The van der Waals surface area contributed by atoms with E-state index in [1.54, 1.807) is 0 Å². The number of quaternary nitrogens is 2. The van der Waals surface area contributed by atoms with Gasteiger partial charge in [0.25, 0.3) is 0 Å². The molecule has 1 rings (SSSR count). The van der Waals surface area contributed by atoms with Gasteiger partial charge in [0.1, 0.15) is 26.3 Å². The molecule has 6 heteroatoms. The van der Waals surface area contributed by atoms with Crippen molar-refractivity contribution in [2.45, 2.75) is 27.7 Å². The van der Waals surface area contributed by atoms with Gasteiger partial charge in [0, 0.05) is 0 Å². The van der Waals surface area contributed by atoms with E-state index in [0.717, 1.165) is 48.2 Å². The van der Waals surface area contributed by atoms with Crippen LogP contribution in [0.4, 0.5) is 0 Å². The van der Waals surface area contributed by atoms with Gasteiger partial charge in [0.05, 0.1) is 40.3 Å². The van der Waals surface area contributed by atoms with Crippen molar-refractivity contribution in [1.82, 2.24) is 0 Å². The standard InChI is InChI=1S/C24H38N2O2.2HI/c1-7-25(5,8-2)19-13-15-21-27-23-17-11-12-18-24(23)28-22-16-14-20-26(6,9-3)10-4;;/h11-12,17-18H,7-10,19-22H2,1-6H3;2*1H/q+2;;/p-2. The van der Waals surface area contributed by atoms with E-state index >= 15 is 0 Å². The number of hydrogen-bond acceptors (Lipinski definition) is 2. The molecule has 0 aliphatic rings. The van der Waals surface area contributed by atoms with Gasteiger partial charge in [-0.25, -0.2) is 0 Å². The average Bonchev–Trinajstić information content (AvgIpc) is 2.73. The summed E-state index contributed by atoms with van der Waals surface area (Å²) in [6.07, 6.45) is 0. The van der Waals surface area contributed by atoms with E-state index in [2.05, 4.69) is 65.5 Å². The summed E-state index contributed by atoms with van der Waals surface area (Å²) in [6.45, 7) is 15.5. The van der Waals surface area contributed by atoms with Gasteiger partial charge in [-0.1, -0.05) is 24.0 Å². The van der Waals surface area contributed by atoms with Crippen LogP contribution < -0.4 is 57.4 Å². The molecule has 30 heavy (non-hydrogen) atoms. The molecule has 0 fully saturated rings. The molecule has 0 bridgehead atoms. The first-order valence-electron chi connectivity index (χ1n) is 10.3. The van der Waals surface area contributed by atoms with Gasteiger partial charge in [-0.05, 0) is 51.7 Å². The molecule has 0 saturated heterocycles. The largest absolute Gasteiger partial charge is 1.00 e. The van der Waals surface area contributed by atoms with Gasteiger partial charge < -0.3 is 66.4 Å². The first-order valence-corrected chi connectivity index (χ1v) is 10.3. The number of para-hydroxylation sites is 2. The smallest absolute Gasteiger partial charge is 0.162 e. The summed E-state index contributed by atoms with van der Waals surface area (Å²) >= 11 is 0. The molecule has 0 unspecified atom stereocenters. The number of halogens is 2. The minimum atomic E-state index is 0. The highest BCUT2D eigenvalue weighted by Gasteiger charge is 2.14. The average molecular weight is 640 g/mol. The van der Waals surface area contributed by atoms with Crippen LogP contribution in [0.3, 0.4) is 0 Å². The van der Waals surface area contributed by atoms with Crippen LogP contribution in [-0.2, 0) is 0 Å². The Morgan fingerprint density at radius 1 is 0.633 bits per heavy atom. The number of hydrogen-bond donors (Lipinski definition) is 0. The first-order chi connectivity index (χ1) is 13.4. The lowest BCUT2D eigenvalue weighted by Gasteiger charge is -2.29. The molecule has 4 nitrogen and oxygen atoms in total. The minimum Gasteiger partial charge on any atom is -1.00 e. The Kier molecular flexibility index (Phi) is 17.8. The summed E-state index contributed by atoms with van der Waals surface area (Å²) in [5.41, 5.74) is 0. The molecule has 0 amide bonds. The predicted molar refractivity (Wildman–Crippen MR) is 117 cm³/mol. The molecule has 0 saturated carbocycles. The maximum atomic E-state index is 5.81. The summed E-state index contributed by atoms with van der Waals surface area (Å²) in [6, 6.07) is 7.69. The number of nitrogens with zero attached hydrogens (tertiary/aromatic N) is 2. The summed E-state index contributed by atoms with van der Waals surface area (Å²) in [5, 5.41) is 0. The third-order valence-electron chi connectivity index (χ3n) is 5.67. The molecule has 0 aliphatic heterocycles. The second-order valence-electron chi connectivity index (χ2n) is 7.55. The highest BCUT2D eigenvalue weighted by atomic mass is 127. The van der Waals surface area contributed by atoms with Crippen molar-refractivity contribution in [3.63, 3.8) is 0 Å². The van der Waals surface area contributed by atoms with Crippen LogP contribution >= 0.6 is 0 Å². The fourth-order valence-corrected chi connectivity index (χ4v) is 2.41. The third kappa shape index (κ3) is 11.6. The summed E-state index contributed by atoms with van der Waals surface area (Å²) in [4.78, 5) is 0. The molecule has 1 aromatic rings. The Balaban J connectivity index is 0. The van der Waals surface area contributed by atoms with E-state index in [4.69, 9.17) is 9.47 Å². The number of rotatable bonds is 10. The topological polar surface area (TPSA) is 18.5 Å². The number of benzene rings is 1. The molecular formula is C24H38I2N2O2. The molecule has 0 radical (unpaired) electrons. The first kappa shape index (κ1) is 31.5. The minimum absolute atomic E-state index is 0. The van der Waals surface area contributed by atoms with Crippen molar-refractivity contribution >= 4 is 0 Å². The summed E-state index contributed by atoms with van der Waals surface area (Å²) < 4.78 is 13.5. The lowest BCUT2D eigenvalue weighted by atomic mass is 10.3. The van der Waals surface area contributed by atoms with Crippen LogP contribution in [0.1, 0.15) is 27.7 Å². The molecule has 0 atom stereocenters. The maximum absolute atomic E-state index is 5.81. The van der Waals surface area contributed by atoms with Gasteiger partial charge in [0.15, 0.2) is 11.5 Å². The lowest BCUT2D eigenvalue weighted by Crippen LogP contribution is -3.00. The van der Waals surface area contributed by atoms with Crippen molar-refractivity contribution in [3.05, 3.63) is 24.3 Å². The van der Waals surface area contributed by atoms with Gasteiger partial charge in [-0.3, -0.25) is 0 Å². The van der Waals surface area contributed by atoms with Crippen molar-refractivity contribution in [1.29, 1.82) is 0 Å². The zero-order chi connectivity index (χ0) is 20.9. The van der Waals surface area contributed by atoms with Crippen LogP contribution in [0.5, 0.6) is 11.5 Å². The van der Waals surface area contributed by atoms with Crippen LogP contribution in [0.15, 0.2) is 24.3 Å². The zero-order valence-corrected chi connectivity index (χ0v) is 23.7. The fourth-order valence-electron chi connectivity index (χ4n) is 2.41. The Morgan fingerprint density at radius 3 is 1.27 bits per heavy atom. The molecule has 0 heterocycles. The fraction of sp³-hybridized carbons (Fsp3) is 0.583. The SMILES string of the molecule is CC[N+](C)(CC)CC#CCOc1ccccc1OCC#CC[N+](C)(CC)CC.[I-].[I-].